The fraction of sp³-hybridized carbons (Fsp3) is 0.868. The van der Waals surface area contributed by atoms with Crippen molar-refractivity contribution < 1.29 is 95.1 Å². The van der Waals surface area contributed by atoms with Crippen LogP contribution in [0.4, 0.5) is 0 Å². The highest BCUT2D eigenvalue weighted by Gasteiger charge is 2.69. The first-order valence-corrected chi connectivity index (χ1v) is 26.5. The van der Waals surface area contributed by atoms with Crippen LogP contribution in [0.1, 0.15) is 140 Å². The average molecular weight is 1040 g/mol. The van der Waals surface area contributed by atoms with Gasteiger partial charge in [-0.15, -0.1) is 0 Å². The predicted octanol–water partition coefficient (Wildman–Crippen LogP) is 5.44. The number of hydrogen-bond acceptors (Lipinski definition) is 20. The van der Waals surface area contributed by atoms with Crippen LogP contribution in [-0.4, -0.2) is 141 Å². The van der Waals surface area contributed by atoms with Crippen molar-refractivity contribution in [2.75, 3.05) is 19.8 Å². The van der Waals surface area contributed by atoms with Gasteiger partial charge in [-0.2, -0.15) is 0 Å². The molecule has 410 valence electrons. The molecule has 0 amide bonds. The van der Waals surface area contributed by atoms with Crippen LogP contribution in [0.5, 0.6) is 0 Å². The SMILES string of the molecule is CC(=O)OC[C@H]1O[C@@H](O[C@H]2[C@H](OC(C)=O)[C@@H](OC(C)=O)[C@H](O[C@H]3CC[C@@]4(C)[C@@H](CC[C@@H]5[C@@H]4CC[C@]4(C)[C@@H]6[C@H](C[C@@H]54)O[C@]4(CC[C@@H](C)CO4)[C@H]6C)C3)O[C@@H]2COC(C)=O)[C@H](OC(C)=O)[C@@H](OC(C)=O)[C@@H]1OC(C)=O. The first-order chi connectivity index (χ1) is 34.4. The van der Waals surface area contributed by atoms with Crippen molar-refractivity contribution in [2.24, 2.45) is 52.3 Å². The average Bonchev–Trinajstić information content (AvgIpc) is 3.75. The molecule has 20 heteroatoms. The molecule has 4 aliphatic heterocycles. The Morgan fingerprint density at radius 1 is 0.521 bits per heavy atom. The molecule has 4 aliphatic carbocycles. The molecule has 0 radical (unpaired) electrons. The van der Waals surface area contributed by atoms with E-state index in [9.17, 15) is 33.6 Å². The van der Waals surface area contributed by atoms with Gasteiger partial charge in [0.15, 0.2) is 48.9 Å². The van der Waals surface area contributed by atoms with Crippen molar-refractivity contribution in [1.29, 1.82) is 0 Å². The molecule has 4 saturated heterocycles. The molecular formula is C53H78O20. The maximum atomic E-state index is 13.1. The lowest BCUT2D eigenvalue weighted by atomic mass is 9.44. The van der Waals surface area contributed by atoms with E-state index in [1.165, 1.54) is 13.8 Å². The molecule has 22 atom stereocenters. The highest BCUT2D eigenvalue weighted by atomic mass is 16.8. The zero-order valence-corrected chi connectivity index (χ0v) is 44.3. The third-order valence-electron chi connectivity index (χ3n) is 18.1. The molecule has 8 fully saturated rings. The van der Waals surface area contributed by atoms with Crippen LogP contribution in [0.15, 0.2) is 0 Å². The summed E-state index contributed by atoms with van der Waals surface area (Å²) in [5.74, 6) is -2.67. The van der Waals surface area contributed by atoms with Gasteiger partial charge in [0.05, 0.1) is 18.8 Å². The van der Waals surface area contributed by atoms with Crippen LogP contribution in [0, 0.1) is 52.3 Å². The Bertz CT molecular complexity index is 2070. The van der Waals surface area contributed by atoms with Gasteiger partial charge >= 0.3 is 41.8 Å². The summed E-state index contributed by atoms with van der Waals surface area (Å²) in [6.45, 7) is 17.2. The van der Waals surface area contributed by atoms with Gasteiger partial charge in [-0.25, -0.2) is 0 Å². The Kier molecular flexibility index (Phi) is 16.6. The Balaban J connectivity index is 1.03. The molecule has 8 rings (SSSR count). The Morgan fingerprint density at radius 3 is 1.59 bits per heavy atom. The summed E-state index contributed by atoms with van der Waals surface area (Å²) in [5.41, 5.74) is 0.242. The van der Waals surface area contributed by atoms with E-state index in [1.54, 1.807) is 0 Å². The van der Waals surface area contributed by atoms with Gasteiger partial charge < -0.3 is 61.6 Å². The molecule has 0 aromatic heterocycles. The normalized spacial score (nSPS) is 44.7. The van der Waals surface area contributed by atoms with Gasteiger partial charge in [0.25, 0.3) is 0 Å². The van der Waals surface area contributed by atoms with Gasteiger partial charge in [0.2, 0.25) is 0 Å². The van der Waals surface area contributed by atoms with Crippen molar-refractivity contribution in [1.82, 2.24) is 0 Å². The molecule has 0 aromatic carbocycles. The third kappa shape index (κ3) is 11.3. The monoisotopic (exact) mass is 1030 g/mol. The molecule has 8 aliphatic rings. The Labute approximate surface area is 427 Å². The number of rotatable bonds is 13. The standard InChI is InChI=1S/C53H78O20/c1-25-14-19-53(63-22-25)26(2)42-39(73-53)21-38-36-13-12-34-20-35(15-17-51(34,10)37(36)16-18-52(38,42)11)69-49-47(67-32(8)59)46(66-31(7)58)44(41(70-49)24-62-28(4)55)72-50-48(68-33(9)60)45(65-30(6)57)43(64-29(5)56)40(71-50)23-61-27(3)54/h25-26,34-50H,12-24H2,1-11H3/t25-,26+,34+,35+,36-,37+,38+,39+,40-,41-,42+,43-,44-,45+,46+,47-,48-,49-,50+,51+,52+,53-/m1/s1. The topological polar surface area (TPSA) is 239 Å². The largest absolute Gasteiger partial charge is 0.463 e. The van der Waals surface area contributed by atoms with Crippen molar-refractivity contribution >= 4 is 41.8 Å². The second-order valence-corrected chi connectivity index (χ2v) is 22.9. The maximum absolute atomic E-state index is 13.1. The van der Waals surface area contributed by atoms with E-state index in [4.69, 9.17) is 61.6 Å². The molecule has 0 aromatic rings. The number of carbonyl (C=O) groups excluding carboxylic acids is 7. The Morgan fingerprint density at radius 2 is 1.04 bits per heavy atom. The van der Waals surface area contributed by atoms with Crippen molar-refractivity contribution in [3.8, 4) is 0 Å². The summed E-state index contributed by atoms with van der Waals surface area (Å²) < 4.78 is 79.2. The van der Waals surface area contributed by atoms with Crippen LogP contribution in [0.3, 0.4) is 0 Å². The minimum absolute atomic E-state index is 0.0577. The van der Waals surface area contributed by atoms with Gasteiger partial charge in [0.1, 0.15) is 31.5 Å². The number of esters is 7. The van der Waals surface area contributed by atoms with Crippen LogP contribution >= 0.6 is 0 Å². The van der Waals surface area contributed by atoms with Crippen LogP contribution in [-0.2, 0) is 95.1 Å². The van der Waals surface area contributed by atoms with Crippen LogP contribution < -0.4 is 0 Å². The zero-order chi connectivity index (χ0) is 52.9. The van der Waals surface area contributed by atoms with Gasteiger partial charge in [-0.1, -0.05) is 27.7 Å². The molecule has 20 nitrogen and oxygen atoms in total. The van der Waals surface area contributed by atoms with E-state index >= 15 is 0 Å². The number of carbonyl (C=O) groups is 7. The second kappa shape index (κ2) is 22.0. The predicted molar refractivity (Wildman–Crippen MR) is 250 cm³/mol. The fourth-order valence-corrected chi connectivity index (χ4v) is 15.1. The van der Waals surface area contributed by atoms with Crippen molar-refractivity contribution in [2.45, 2.75) is 220 Å². The molecular weight excluding hydrogens is 957 g/mol. The summed E-state index contributed by atoms with van der Waals surface area (Å²) >= 11 is 0. The van der Waals surface area contributed by atoms with E-state index in [0.717, 1.165) is 92.6 Å². The van der Waals surface area contributed by atoms with E-state index in [0.29, 0.717) is 54.3 Å². The first kappa shape index (κ1) is 55.3. The number of hydrogen-bond donors (Lipinski definition) is 0. The lowest BCUT2D eigenvalue weighted by molar-refractivity contribution is -0.365. The molecule has 4 heterocycles. The number of fused-ring (bicyclic) bond motifs is 7. The molecule has 0 N–H and O–H groups in total. The van der Waals surface area contributed by atoms with Gasteiger partial charge in [-0.3, -0.25) is 33.6 Å². The Hall–Kier alpha value is -3.95. The van der Waals surface area contributed by atoms with E-state index < -0.39 is 122 Å². The van der Waals surface area contributed by atoms with Gasteiger partial charge in [0, 0.05) is 60.8 Å². The molecule has 1 spiro atoms. The first-order valence-electron chi connectivity index (χ1n) is 26.5. The minimum atomic E-state index is -1.78. The second-order valence-electron chi connectivity index (χ2n) is 22.9. The van der Waals surface area contributed by atoms with Crippen molar-refractivity contribution in [3.05, 3.63) is 0 Å². The summed E-state index contributed by atoms with van der Waals surface area (Å²) in [5, 5.41) is 0. The van der Waals surface area contributed by atoms with E-state index in [-0.39, 0.29) is 23.0 Å². The fourth-order valence-electron chi connectivity index (χ4n) is 15.1. The minimum Gasteiger partial charge on any atom is -0.463 e. The third-order valence-corrected chi connectivity index (χ3v) is 18.1. The molecule has 4 saturated carbocycles. The van der Waals surface area contributed by atoms with E-state index in [2.05, 4.69) is 27.7 Å². The summed E-state index contributed by atoms with van der Waals surface area (Å²) in [6, 6.07) is 0. The molecule has 0 unspecified atom stereocenters. The summed E-state index contributed by atoms with van der Waals surface area (Å²) in [7, 11) is 0. The zero-order valence-electron chi connectivity index (χ0n) is 44.3. The molecule has 73 heavy (non-hydrogen) atoms. The maximum Gasteiger partial charge on any atom is 0.303 e. The smallest absolute Gasteiger partial charge is 0.303 e. The summed E-state index contributed by atoms with van der Waals surface area (Å²) in [6.07, 6.45) is -5.52. The highest BCUT2D eigenvalue weighted by Crippen LogP contribution is 2.71. The van der Waals surface area contributed by atoms with E-state index in [1.807, 2.05) is 0 Å². The quantitative estimate of drug-likeness (QED) is 0.127. The van der Waals surface area contributed by atoms with Gasteiger partial charge in [-0.05, 0) is 104 Å². The highest BCUT2D eigenvalue weighted by molar-refractivity contribution is 5.69. The lowest BCUT2D eigenvalue weighted by Gasteiger charge is -2.61. The van der Waals surface area contributed by atoms with Crippen LogP contribution in [0.25, 0.3) is 0 Å². The van der Waals surface area contributed by atoms with Crippen molar-refractivity contribution in [3.63, 3.8) is 0 Å². The van der Waals surface area contributed by atoms with Crippen LogP contribution in [0.2, 0.25) is 0 Å². The lowest BCUT2D eigenvalue weighted by Crippen LogP contribution is -2.67. The molecule has 0 bridgehead atoms. The number of ether oxygens (including phenoxy) is 13. The summed E-state index contributed by atoms with van der Waals surface area (Å²) in [4.78, 5) is 88.3.